The molecule has 1 aliphatic heterocycles. The van der Waals surface area contributed by atoms with Gasteiger partial charge in [-0.05, 0) is 24.5 Å². The van der Waals surface area contributed by atoms with Crippen LogP contribution < -0.4 is 5.32 Å². The summed E-state index contributed by atoms with van der Waals surface area (Å²) < 4.78 is 37.7. The molecule has 1 saturated heterocycles. The Labute approximate surface area is 118 Å². The Morgan fingerprint density at radius 1 is 1.20 bits per heavy atom. The number of alkyl halides is 3. The highest BCUT2D eigenvalue weighted by molar-refractivity contribution is 5.29. The molecule has 2 rings (SSSR count). The lowest BCUT2D eigenvalue weighted by molar-refractivity contribution is -0.138. The summed E-state index contributed by atoms with van der Waals surface area (Å²) in [5.74, 6) is 0. The van der Waals surface area contributed by atoms with Crippen LogP contribution in [0.5, 0.6) is 0 Å². The van der Waals surface area contributed by atoms with Crippen molar-refractivity contribution in [2.45, 2.75) is 32.0 Å². The maximum atomic E-state index is 12.6. The second-order valence-corrected chi connectivity index (χ2v) is 5.31. The second-order valence-electron chi connectivity index (χ2n) is 5.31. The molecule has 1 aromatic rings. The van der Waals surface area contributed by atoms with E-state index in [-0.39, 0.29) is 12.5 Å². The van der Waals surface area contributed by atoms with Gasteiger partial charge in [0.25, 0.3) is 0 Å². The van der Waals surface area contributed by atoms with E-state index in [0.717, 1.165) is 37.3 Å². The van der Waals surface area contributed by atoms with Crippen LogP contribution in [0.15, 0.2) is 24.3 Å². The van der Waals surface area contributed by atoms with Crippen molar-refractivity contribution in [3.8, 4) is 0 Å². The summed E-state index contributed by atoms with van der Waals surface area (Å²) in [5.41, 5.74) is 2.09. The van der Waals surface area contributed by atoms with Crippen molar-refractivity contribution in [1.29, 1.82) is 0 Å². The Kier molecular flexibility index (Phi) is 5.05. The van der Waals surface area contributed by atoms with Gasteiger partial charge in [-0.3, -0.25) is 4.90 Å². The zero-order valence-corrected chi connectivity index (χ0v) is 11.7. The Bertz CT molecular complexity index is 425. The standard InChI is InChI=1S/C15H21F3N2/c1-12-4-2-3-5-13(12)14(6-7-15(16,17)18)20-10-8-19-9-11-20/h2-5,14,19H,6-11H2,1H3/t14-/m0/s1. The Balaban J connectivity index is 2.17. The van der Waals surface area contributed by atoms with E-state index in [1.165, 1.54) is 0 Å². The lowest BCUT2D eigenvalue weighted by atomic mass is 9.95. The highest BCUT2D eigenvalue weighted by Gasteiger charge is 2.31. The van der Waals surface area contributed by atoms with E-state index in [4.69, 9.17) is 0 Å². The number of aryl methyl sites for hydroxylation is 1. The summed E-state index contributed by atoms with van der Waals surface area (Å²) in [6.45, 7) is 5.26. The summed E-state index contributed by atoms with van der Waals surface area (Å²) in [5, 5.41) is 3.24. The van der Waals surface area contributed by atoms with Crippen LogP contribution in [-0.2, 0) is 0 Å². The predicted molar refractivity (Wildman–Crippen MR) is 73.7 cm³/mol. The highest BCUT2D eigenvalue weighted by Crippen LogP contribution is 2.33. The molecule has 0 saturated carbocycles. The quantitative estimate of drug-likeness (QED) is 0.913. The van der Waals surface area contributed by atoms with Crippen LogP contribution in [0.2, 0.25) is 0 Å². The second kappa shape index (κ2) is 6.59. The van der Waals surface area contributed by atoms with Crippen LogP contribution in [0.4, 0.5) is 13.2 Å². The van der Waals surface area contributed by atoms with Crippen LogP contribution in [0, 0.1) is 6.92 Å². The summed E-state index contributed by atoms with van der Waals surface area (Å²) in [4.78, 5) is 2.17. The smallest absolute Gasteiger partial charge is 0.314 e. The van der Waals surface area contributed by atoms with Crippen molar-refractivity contribution < 1.29 is 13.2 Å². The third kappa shape index (κ3) is 4.21. The zero-order chi connectivity index (χ0) is 14.6. The molecular weight excluding hydrogens is 265 g/mol. The normalized spacial score (nSPS) is 19.0. The monoisotopic (exact) mass is 286 g/mol. The first-order chi connectivity index (χ1) is 9.47. The number of hydrogen-bond acceptors (Lipinski definition) is 2. The molecule has 0 amide bonds. The van der Waals surface area contributed by atoms with Crippen LogP contribution in [0.25, 0.3) is 0 Å². The van der Waals surface area contributed by atoms with Gasteiger partial charge in [-0.1, -0.05) is 24.3 Å². The van der Waals surface area contributed by atoms with Gasteiger partial charge in [0.2, 0.25) is 0 Å². The van der Waals surface area contributed by atoms with Crippen molar-refractivity contribution in [3.63, 3.8) is 0 Å². The minimum Gasteiger partial charge on any atom is -0.314 e. The fraction of sp³-hybridized carbons (Fsp3) is 0.600. The van der Waals surface area contributed by atoms with Crippen molar-refractivity contribution in [3.05, 3.63) is 35.4 Å². The zero-order valence-electron chi connectivity index (χ0n) is 11.7. The van der Waals surface area contributed by atoms with Crippen molar-refractivity contribution in [1.82, 2.24) is 10.2 Å². The lowest BCUT2D eigenvalue weighted by Crippen LogP contribution is -2.45. The maximum absolute atomic E-state index is 12.6. The van der Waals surface area contributed by atoms with E-state index < -0.39 is 12.6 Å². The van der Waals surface area contributed by atoms with Gasteiger partial charge < -0.3 is 5.32 Å². The minimum absolute atomic E-state index is 0.133. The van der Waals surface area contributed by atoms with Crippen LogP contribution >= 0.6 is 0 Å². The number of piperazine rings is 1. The molecule has 112 valence electrons. The number of benzene rings is 1. The molecule has 20 heavy (non-hydrogen) atoms. The van der Waals surface area contributed by atoms with E-state index in [1.54, 1.807) is 0 Å². The molecule has 0 bridgehead atoms. The summed E-state index contributed by atoms with van der Waals surface area (Å²) in [6.07, 6.45) is -4.68. The first kappa shape index (κ1) is 15.3. The largest absolute Gasteiger partial charge is 0.389 e. The molecule has 0 radical (unpaired) electrons. The first-order valence-electron chi connectivity index (χ1n) is 7.04. The van der Waals surface area contributed by atoms with E-state index in [0.29, 0.717) is 0 Å². The molecule has 0 aromatic heterocycles. The molecule has 0 unspecified atom stereocenters. The Hall–Kier alpha value is -1.07. The van der Waals surface area contributed by atoms with Gasteiger partial charge in [-0.2, -0.15) is 13.2 Å². The number of rotatable bonds is 4. The predicted octanol–water partition coefficient (Wildman–Crippen LogP) is 3.28. The average molecular weight is 286 g/mol. The Morgan fingerprint density at radius 2 is 1.85 bits per heavy atom. The SMILES string of the molecule is Cc1ccccc1[C@H](CCC(F)(F)F)N1CCNCC1. The number of halogens is 3. The molecule has 1 atom stereocenters. The summed E-state index contributed by atoms with van der Waals surface area (Å²) in [6, 6.07) is 7.62. The fourth-order valence-electron chi connectivity index (χ4n) is 2.79. The lowest BCUT2D eigenvalue weighted by Gasteiger charge is -2.36. The number of hydrogen-bond donors (Lipinski definition) is 1. The van der Waals surface area contributed by atoms with Gasteiger partial charge in [-0.15, -0.1) is 0 Å². The van der Waals surface area contributed by atoms with Crippen LogP contribution in [0.1, 0.15) is 30.0 Å². The topological polar surface area (TPSA) is 15.3 Å². The first-order valence-corrected chi connectivity index (χ1v) is 7.04. The van der Waals surface area contributed by atoms with Crippen LogP contribution in [0.3, 0.4) is 0 Å². The number of nitrogens with one attached hydrogen (secondary N) is 1. The molecular formula is C15H21F3N2. The summed E-state index contributed by atoms with van der Waals surface area (Å²) in [7, 11) is 0. The molecule has 2 nitrogen and oxygen atoms in total. The highest BCUT2D eigenvalue weighted by atomic mass is 19.4. The molecule has 1 aromatic carbocycles. The molecule has 1 aliphatic rings. The molecule has 1 heterocycles. The number of nitrogens with zero attached hydrogens (tertiary/aromatic N) is 1. The third-order valence-electron chi connectivity index (χ3n) is 3.84. The van der Waals surface area contributed by atoms with Gasteiger partial charge in [0.15, 0.2) is 0 Å². The van der Waals surface area contributed by atoms with Crippen LogP contribution in [-0.4, -0.2) is 37.3 Å². The molecule has 0 spiro atoms. The Morgan fingerprint density at radius 3 is 2.45 bits per heavy atom. The van der Waals surface area contributed by atoms with Crippen molar-refractivity contribution in [2.24, 2.45) is 0 Å². The van der Waals surface area contributed by atoms with E-state index in [1.807, 2.05) is 31.2 Å². The van der Waals surface area contributed by atoms with Gasteiger partial charge in [0.05, 0.1) is 0 Å². The molecule has 1 N–H and O–H groups in total. The van der Waals surface area contributed by atoms with Gasteiger partial charge >= 0.3 is 6.18 Å². The van der Waals surface area contributed by atoms with Gasteiger partial charge in [-0.25, -0.2) is 0 Å². The maximum Gasteiger partial charge on any atom is 0.389 e. The average Bonchev–Trinajstić information content (AvgIpc) is 2.41. The van der Waals surface area contributed by atoms with Crippen molar-refractivity contribution in [2.75, 3.05) is 26.2 Å². The van der Waals surface area contributed by atoms with Crippen molar-refractivity contribution >= 4 is 0 Å². The molecule has 0 aliphatic carbocycles. The van der Waals surface area contributed by atoms with E-state index >= 15 is 0 Å². The third-order valence-corrected chi connectivity index (χ3v) is 3.84. The fourth-order valence-corrected chi connectivity index (χ4v) is 2.79. The van der Waals surface area contributed by atoms with Gasteiger partial charge in [0.1, 0.15) is 0 Å². The summed E-state index contributed by atoms with van der Waals surface area (Å²) >= 11 is 0. The molecule has 1 fully saturated rings. The van der Waals surface area contributed by atoms with E-state index in [9.17, 15) is 13.2 Å². The minimum atomic E-state index is -4.09. The van der Waals surface area contributed by atoms with Gasteiger partial charge in [0, 0.05) is 38.6 Å². The molecule has 5 heteroatoms. The van der Waals surface area contributed by atoms with E-state index in [2.05, 4.69) is 10.2 Å².